The van der Waals surface area contributed by atoms with Crippen molar-refractivity contribution in [2.75, 3.05) is 13.1 Å². The van der Waals surface area contributed by atoms with Gasteiger partial charge in [0.2, 0.25) is 11.8 Å². The van der Waals surface area contributed by atoms with Gasteiger partial charge in [0.25, 0.3) is 0 Å². The van der Waals surface area contributed by atoms with Crippen LogP contribution in [0.3, 0.4) is 0 Å². The molecule has 7 heteroatoms. The van der Waals surface area contributed by atoms with Gasteiger partial charge in [-0.1, -0.05) is 24.3 Å². The number of hydrogen-bond donors (Lipinski definition) is 2. The van der Waals surface area contributed by atoms with E-state index in [2.05, 4.69) is 10.6 Å². The van der Waals surface area contributed by atoms with Crippen molar-refractivity contribution in [3.8, 4) is 10.4 Å². The molecule has 1 heterocycles. The zero-order valence-electron chi connectivity index (χ0n) is 16.0. The molecular formula is C23H20F2N2O2S. The van der Waals surface area contributed by atoms with Gasteiger partial charge in [0.15, 0.2) is 0 Å². The van der Waals surface area contributed by atoms with Gasteiger partial charge < -0.3 is 10.6 Å². The van der Waals surface area contributed by atoms with E-state index in [0.29, 0.717) is 5.56 Å². The zero-order chi connectivity index (χ0) is 21.3. The molecule has 0 aliphatic rings. The first-order valence-electron chi connectivity index (χ1n) is 9.32. The Labute approximate surface area is 177 Å². The van der Waals surface area contributed by atoms with E-state index in [-0.39, 0.29) is 43.0 Å². The van der Waals surface area contributed by atoms with Gasteiger partial charge in [-0.05, 0) is 53.6 Å². The number of benzene rings is 2. The first-order chi connectivity index (χ1) is 14.5. The van der Waals surface area contributed by atoms with Gasteiger partial charge in [-0.3, -0.25) is 9.59 Å². The van der Waals surface area contributed by atoms with Crippen LogP contribution in [-0.2, 0) is 16.0 Å². The lowest BCUT2D eigenvalue weighted by Gasteiger charge is -2.06. The van der Waals surface area contributed by atoms with Crippen molar-refractivity contribution in [1.29, 1.82) is 0 Å². The van der Waals surface area contributed by atoms with Gasteiger partial charge in [-0.25, -0.2) is 8.78 Å². The molecule has 0 saturated heterocycles. The molecule has 3 rings (SSSR count). The van der Waals surface area contributed by atoms with Crippen LogP contribution < -0.4 is 10.6 Å². The lowest BCUT2D eigenvalue weighted by atomic mass is 10.1. The second-order valence-corrected chi connectivity index (χ2v) is 7.61. The monoisotopic (exact) mass is 426 g/mol. The van der Waals surface area contributed by atoms with Gasteiger partial charge in [0.05, 0.1) is 6.42 Å². The third-order valence-electron chi connectivity index (χ3n) is 4.15. The summed E-state index contributed by atoms with van der Waals surface area (Å²) in [4.78, 5) is 25.6. The maximum atomic E-state index is 13.1. The number of amides is 2. The minimum Gasteiger partial charge on any atom is -0.354 e. The SMILES string of the molecule is O=C(/C=C/c1ccc(-c2ccc(F)cc2)s1)NCCNC(=O)Cc1cccc(F)c1. The zero-order valence-corrected chi connectivity index (χ0v) is 16.8. The highest BCUT2D eigenvalue weighted by Crippen LogP contribution is 2.28. The molecule has 2 aromatic carbocycles. The number of halogens is 2. The van der Waals surface area contributed by atoms with Gasteiger partial charge in [0, 0.05) is 28.9 Å². The molecule has 0 saturated carbocycles. The maximum Gasteiger partial charge on any atom is 0.244 e. The maximum absolute atomic E-state index is 13.1. The van der Waals surface area contributed by atoms with Gasteiger partial charge >= 0.3 is 0 Å². The summed E-state index contributed by atoms with van der Waals surface area (Å²) in [5.74, 6) is -1.17. The predicted molar refractivity (Wildman–Crippen MR) is 115 cm³/mol. The Bertz CT molecular complexity index is 1050. The molecule has 0 fully saturated rings. The van der Waals surface area contributed by atoms with Crippen molar-refractivity contribution < 1.29 is 18.4 Å². The molecule has 30 heavy (non-hydrogen) atoms. The number of carbonyl (C=O) groups is 2. The molecule has 154 valence electrons. The van der Waals surface area contributed by atoms with Crippen molar-refractivity contribution in [1.82, 2.24) is 10.6 Å². The van der Waals surface area contributed by atoms with Crippen molar-refractivity contribution in [3.63, 3.8) is 0 Å². The Morgan fingerprint density at radius 3 is 2.43 bits per heavy atom. The van der Waals surface area contributed by atoms with Crippen LogP contribution in [0, 0.1) is 11.6 Å². The fraction of sp³-hybridized carbons (Fsp3) is 0.130. The first-order valence-corrected chi connectivity index (χ1v) is 10.1. The highest BCUT2D eigenvalue weighted by Gasteiger charge is 2.05. The van der Waals surface area contributed by atoms with Crippen molar-refractivity contribution in [2.45, 2.75) is 6.42 Å². The van der Waals surface area contributed by atoms with Crippen LogP contribution in [-0.4, -0.2) is 24.9 Å². The van der Waals surface area contributed by atoms with E-state index in [0.717, 1.165) is 15.3 Å². The second kappa shape index (κ2) is 10.5. The third-order valence-corrected chi connectivity index (χ3v) is 5.25. The molecule has 0 spiro atoms. The molecule has 0 aliphatic heterocycles. The summed E-state index contributed by atoms with van der Waals surface area (Å²) in [7, 11) is 0. The van der Waals surface area contributed by atoms with Crippen molar-refractivity contribution in [3.05, 3.63) is 88.8 Å². The summed E-state index contributed by atoms with van der Waals surface area (Å²) in [5, 5.41) is 5.37. The topological polar surface area (TPSA) is 58.2 Å². The Kier molecular flexibility index (Phi) is 7.45. The number of rotatable bonds is 8. The average molecular weight is 426 g/mol. The van der Waals surface area contributed by atoms with E-state index >= 15 is 0 Å². The van der Waals surface area contributed by atoms with E-state index < -0.39 is 0 Å². The summed E-state index contributed by atoms with van der Waals surface area (Å²) in [6, 6.07) is 15.9. The molecule has 2 amide bonds. The largest absolute Gasteiger partial charge is 0.354 e. The molecule has 2 N–H and O–H groups in total. The van der Waals surface area contributed by atoms with Gasteiger partial charge in [-0.2, -0.15) is 0 Å². The third kappa shape index (κ3) is 6.63. The van der Waals surface area contributed by atoms with Crippen LogP contribution in [0.1, 0.15) is 10.4 Å². The Balaban J connectivity index is 1.39. The van der Waals surface area contributed by atoms with Gasteiger partial charge in [-0.15, -0.1) is 11.3 Å². The van der Waals surface area contributed by atoms with Crippen LogP contribution in [0.25, 0.3) is 16.5 Å². The predicted octanol–water partition coefficient (Wildman–Crippen LogP) is 4.18. The normalized spacial score (nSPS) is 10.9. The highest BCUT2D eigenvalue weighted by molar-refractivity contribution is 7.16. The van der Waals surface area contributed by atoms with E-state index in [1.807, 2.05) is 12.1 Å². The first kappa shape index (κ1) is 21.4. The van der Waals surface area contributed by atoms with Crippen molar-refractivity contribution >= 4 is 29.2 Å². The smallest absolute Gasteiger partial charge is 0.244 e. The molecule has 0 unspecified atom stereocenters. The fourth-order valence-electron chi connectivity index (χ4n) is 2.71. The average Bonchev–Trinajstić information content (AvgIpc) is 3.19. The Hall–Kier alpha value is -3.32. The second-order valence-electron chi connectivity index (χ2n) is 6.49. The summed E-state index contributed by atoms with van der Waals surface area (Å²) in [6.45, 7) is 0.560. The van der Waals surface area contributed by atoms with Crippen LogP contribution in [0.4, 0.5) is 8.78 Å². The van der Waals surface area contributed by atoms with Crippen LogP contribution in [0.15, 0.2) is 66.7 Å². The minimum absolute atomic E-state index is 0.0837. The molecule has 4 nitrogen and oxygen atoms in total. The molecule has 0 aliphatic carbocycles. The van der Waals surface area contributed by atoms with Gasteiger partial charge in [0.1, 0.15) is 11.6 Å². The van der Waals surface area contributed by atoms with Crippen LogP contribution in [0.5, 0.6) is 0 Å². The highest BCUT2D eigenvalue weighted by atomic mass is 32.1. The standard InChI is InChI=1S/C23H20F2N2O2S/c24-18-6-4-17(5-7-18)21-10-8-20(30-21)9-11-22(28)26-12-13-27-23(29)15-16-2-1-3-19(25)14-16/h1-11,14H,12-13,15H2,(H,26,28)(H,27,29)/b11-9+. The van der Waals surface area contributed by atoms with Crippen LogP contribution >= 0.6 is 11.3 Å². The minimum atomic E-state index is -0.380. The molecule has 0 bridgehead atoms. The number of nitrogens with one attached hydrogen (secondary N) is 2. The van der Waals surface area contributed by atoms with E-state index in [1.165, 1.54) is 41.7 Å². The molecule has 3 aromatic rings. The summed E-state index contributed by atoms with van der Waals surface area (Å²) in [5.41, 5.74) is 1.51. The van der Waals surface area contributed by atoms with Crippen LogP contribution in [0.2, 0.25) is 0 Å². The molecule has 1 aromatic heterocycles. The van der Waals surface area contributed by atoms with Crippen molar-refractivity contribution in [2.24, 2.45) is 0 Å². The van der Waals surface area contributed by atoms with E-state index in [9.17, 15) is 18.4 Å². The molecule has 0 atom stereocenters. The summed E-state index contributed by atoms with van der Waals surface area (Å²) in [6.07, 6.45) is 3.21. The molecule has 0 radical (unpaired) electrons. The summed E-state index contributed by atoms with van der Waals surface area (Å²) < 4.78 is 26.1. The quantitative estimate of drug-likeness (QED) is 0.419. The number of thiophene rings is 1. The lowest BCUT2D eigenvalue weighted by molar-refractivity contribution is -0.121. The molecular weight excluding hydrogens is 406 g/mol. The Morgan fingerprint density at radius 2 is 1.67 bits per heavy atom. The van der Waals surface area contributed by atoms with E-state index in [4.69, 9.17) is 0 Å². The lowest BCUT2D eigenvalue weighted by Crippen LogP contribution is -2.34. The fourth-order valence-corrected chi connectivity index (χ4v) is 3.63. The Morgan fingerprint density at radius 1 is 0.900 bits per heavy atom. The number of carbonyl (C=O) groups excluding carboxylic acids is 2. The van der Waals surface area contributed by atoms with E-state index in [1.54, 1.807) is 30.3 Å². The summed E-state index contributed by atoms with van der Waals surface area (Å²) >= 11 is 1.49. The number of hydrogen-bond acceptors (Lipinski definition) is 3.